The first-order valence-corrected chi connectivity index (χ1v) is 5.86. The SMILES string of the molecule is CN(C)Nc1nccc2cc3c(cc12)OCCO3. The maximum absolute atomic E-state index is 5.60. The van der Waals surface area contributed by atoms with Gasteiger partial charge in [-0.1, -0.05) is 0 Å². The maximum atomic E-state index is 5.60. The average molecular weight is 245 g/mol. The van der Waals surface area contributed by atoms with Gasteiger partial charge in [0.05, 0.1) is 0 Å². The fourth-order valence-corrected chi connectivity index (χ4v) is 2.01. The first kappa shape index (κ1) is 11.1. The number of rotatable bonds is 2. The molecule has 0 aliphatic carbocycles. The van der Waals surface area contributed by atoms with Crippen molar-refractivity contribution in [2.75, 3.05) is 32.7 Å². The Hall–Kier alpha value is -2.01. The van der Waals surface area contributed by atoms with Gasteiger partial charge >= 0.3 is 0 Å². The van der Waals surface area contributed by atoms with Crippen molar-refractivity contribution in [3.8, 4) is 11.5 Å². The van der Waals surface area contributed by atoms with Crippen molar-refractivity contribution in [1.29, 1.82) is 0 Å². The number of nitrogens with one attached hydrogen (secondary N) is 1. The summed E-state index contributed by atoms with van der Waals surface area (Å²) in [5.41, 5.74) is 3.18. The maximum Gasteiger partial charge on any atom is 0.162 e. The molecule has 0 amide bonds. The van der Waals surface area contributed by atoms with Crippen LogP contribution in [0.4, 0.5) is 5.82 Å². The molecule has 0 radical (unpaired) electrons. The normalized spacial score (nSPS) is 13.9. The second-order valence-corrected chi connectivity index (χ2v) is 4.38. The minimum Gasteiger partial charge on any atom is -0.486 e. The molecule has 0 bridgehead atoms. The van der Waals surface area contributed by atoms with Gasteiger partial charge in [0, 0.05) is 25.7 Å². The number of ether oxygens (including phenoxy) is 2. The summed E-state index contributed by atoms with van der Waals surface area (Å²) in [5, 5.41) is 3.97. The second-order valence-electron chi connectivity index (χ2n) is 4.38. The monoisotopic (exact) mass is 245 g/mol. The van der Waals surface area contributed by atoms with Crippen LogP contribution in [0, 0.1) is 0 Å². The Labute approximate surface area is 105 Å². The number of hydrogen-bond donors (Lipinski definition) is 1. The van der Waals surface area contributed by atoms with E-state index in [1.807, 2.05) is 37.3 Å². The first-order valence-electron chi connectivity index (χ1n) is 5.86. The van der Waals surface area contributed by atoms with E-state index in [1.165, 1.54) is 0 Å². The molecular formula is C13H15N3O2. The molecule has 0 spiro atoms. The van der Waals surface area contributed by atoms with E-state index in [1.54, 1.807) is 6.20 Å². The third-order valence-corrected chi connectivity index (χ3v) is 2.76. The van der Waals surface area contributed by atoms with Gasteiger partial charge in [-0.15, -0.1) is 0 Å². The van der Waals surface area contributed by atoms with Gasteiger partial charge in [0.25, 0.3) is 0 Å². The number of anilines is 1. The van der Waals surface area contributed by atoms with Crippen LogP contribution in [0.1, 0.15) is 0 Å². The summed E-state index contributed by atoms with van der Waals surface area (Å²) in [4.78, 5) is 4.35. The van der Waals surface area contributed by atoms with E-state index < -0.39 is 0 Å². The molecule has 5 heteroatoms. The molecule has 0 saturated heterocycles. The average Bonchev–Trinajstić information content (AvgIpc) is 2.36. The molecule has 1 N–H and O–H groups in total. The number of fused-ring (bicyclic) bond motifs is 2. The third kappa shape index (κ3) is 1.93. The predicted molar refractivity (Wildman–Crippen MR) is 70.0 cm³/mol. The zero-order chi connectivity index (χ0) is 12.5. The van der Waals surface area contributed by atoms with Gasteiger partial charge < -0.3 is 14.9 Å². The lowest BCUT2D eigenvalue weighted by Gasteiger charge is -2.20. The predicted octanol–water partition coefficient (Wildman–Crippen LogP) is 1.89. The van der Waals surface area contributed by atoms with E-state index >= 15 is 0 Å². The zero-order valence-corrected chi connectivity index (χ0v) is 10.4. The summed E-state index contributed by atoms with van der Waals surface area (Å²) in [6, 6.07) is 5.93. The van der Waals surface area contributed by atoms with Crippen molar-refractivity contribution >= 4 is 16.6 Å². The largest absolute Gasteiger partial charge is 0.486 e. The van der Waals surface area contributed by atoms with Gasteiger partial charge in [-0.3, -0.25) is 0 Å². The topological polar surface area (TPSA) is 46.6 Å². The van der Waals surface area contributed by atoms with Crippen molar-refractivity contribution in [2.24, 2.45) is 0 Å². The minimum absolute atomic E-state index is 0.592. The number of hydrazine groups is 1. The van der Waals surface area contributed by atoms with Crippen LogP contribution >= 0.6 is 0 Å². The number of hydrogen-bond acceptors (Lipinski definition) is 5. The molecule has 0 unspecified atom stereocenters. The van der Waals surface area contributed by atoms with E-state index in [4.69, 9.17) is 9.47 Å². The van der Waals surface area contributed by atoms with Gasteiger partial charge in [0.15, 0.2) is 11.5 Å². The fourth-order valence-electron chi connectivity index (χ4n) is 2.01. The Morgan fingerprint density at radius 2 is 1.89 bits per heavy atom. The summed E-state index contributed by atoms with van der Waals surface area (Å²) in [5.74, 6) is 2.40. The number of aromatic nitrogens is 1. The molecule has 0 saturated carbocycles. The molecule has 1 aromatic heterocycles. The van der Waals surface area contributed by atoms with Crippen LogP contribution in [0.3, 0.4) is 0 Å². The van der Waals surface area contributed by atoms with E-state index in [0.29, 0.717) is 13.2 Å². The highest BCUT2D eigenvalue weighted by Gasteiger charge is 2.14. The Kier molecular flexibility index (Phi) is 2.68. The van der Waals surface area contributed by atoms with Gasteiger partial charge in [-0.2, -0.15) is 0 Å². The highest BCUT2D eigenvalue weighted by molar-refractivity contribution is 5.94. The van der Waals surface area contributed by atoms with Crippen molar-refractivity contribution in [3.63, 3.8) is 0 Å². The molecule has 5 nitrogen and oxygen atoms in total. The lowest BCUT2D eigenvalue weighted by atomic mass is 10.1. The van der Waals surface area contributed by atoms with Gasteiger partial charge in [-0.05, 0) is 23.6 Å². The van der Waals surface area contributed by atoms with Crippen LogP contribution < -0.4 is 14.9 Å². The Morgan fingerprint density at radius 3 is 2.61 bits per heavy atom. The summed E-state index contributed by atoms with van der Waals surface area (Å²) in [7, 11) is 3.86. The Bertz CT molecular complexity index is 584. The van der Waals surface area contributed by atoms with Gasteiger partial charge in [0.1, 0.15) is 19.0 Å². The second kappa shape index (κ2) is 4.34. The lowest BCUT2D eigenvalue weighted by Crippen LogP contribution is -2.20. The highest BCUT2D eigenvalue weighted by atomic mass is 16.6. The summed E-state index contributed by atoms with van der Waals surface area (Å²) < 4.78 is 11.2. The standard InChI is InChI=1S/C13H15N3O2/c1-16(2)15-13-10-8-12-11(17-5-6-18-12)7-9(10)3-4-14-13/h3-4,7-8H,5-6H2,1-2H3,(H,14,15). The summed E-state index contributed by atoms with van der Waals surface area (Å²) in [6.07, 6.45) is 1.78. The van der Waals surface area contributed by atoms with Crippen molar-refractivity contribution in [3.05, 3.63) is 24.4 Å². The zero-order valence-electron chi connectivity index (χ0n) is 10.4. The minimum atomic E-state index is 0.592. The molecular weight excluding hydrogens is 230 g/mol. The first-order chi connectivity index (χ1) is 8.74. The van der Waals surface area contributed by atoms with Crippen LogP contribution in [0.2, 0.25) is 0 Å². The molecule has 0 atom stereocenters. The van der Waals surface area contributed by atoms with E-state index in [-0.39, 0.29) is 0 Å². The number of nitrogens with zero attached hydrogens (tertiary/aromatic N) is 2. The van der Waals surface area contributed by atoms with Gasteiger partial charge in [-0.25, -0.2) is 9.99 Å². The highest BCUT2D eigenvalue weighted by Crippen LogP contribution is 2.36. The Morgan fingerprint density at radius 1 is 1.17 bits per heavy atom. The molecule has 1 aliphatic heterocycles. The van der Waals surface area contributed by atoms with Crippen LogP contribution in [0.25, 0.3) is 10.8 Å². The Balaban J connectivity index is 2.15. The lowest BCUT2D eigenvalue weighted by molar-refractivity contribution is 0.172. The fraction of sp³-hybridized carbons (Fsp3) is 0.308. The van der Waals surface area contributed by atoms with Crippen molar-refractivity contribution < 1.29 is 9.47 Å². The van der Waals surface area contributed by atoms with Crippen LogP contribution in [0.5, 0.6) is 11.5 Å². The number of pyridine rings is 1. The molecule has 94 valence electrons. The van der Waals surface area contributed by atoms with E-state index in [2.05, 4.69) is 10.4 Å². The number of benzene rings is 1. The van der Waals surface area contributed by atoms with Crippen molar-refractivity contribution in [2.45, 2.75) is 0 Å². The molecule has 1 aliphatic rings. The quantitative estimate of drug-likeness (QED) is 0.819. The summed E-state index contributed by atoms with van der Waals surface area (Å²) >= 11 is 0. The molecule has 1 aromatic carbocycles. The molecule has 2 heterocycles. The summed E-state index contributed by atoms with van der Waals surface area (Å²) in [6.45, 7) is 1.20. The smallest absolute Gasteiger partial charge is 0.162 e. The molecule has 2 aromatic rings. The molecule has 18 heavy (non-hydrogen) atoms. The van der Waals surface area contributed by atoms with Crippen LogP contribution in [-0.4, -0.2) is 37.3 Å². The van der Waals surface area contributed by atoms with Crippen LogP contribution in [-0.2, 0) is 0 Å². The van der Waals surface area contributed by atoms with E-state index in [9.17, 15) is 0 Å². The van der Waals surface area contributed by atoms with Crippen LogP contribution in [0.15, 0.2) is 24.4 Å². The van der Waals surface area contributed by atoms with Crippen molar-refractivity contribution in [1.82, 2.24) is 9.99 Å². The van der Waals surface area contributed by atoms with Gasteiger partial charge in [0.2, 0.25) is 0 Å². The third-order valence-electron chi connectivity index (χ3n) is 2.76. The molecule has 0 fully saturated rings. The molecule has 3 rings (SSSR count). The van der Waals surface area contributed by atoms with E-state index in [0.717, 1.165) is 28.1 Å².